The monoisotopic (exact) mass is 350 g/mol. The lowest BCUT2D eigenvalue weighted by atomic mass is 9.89. The van der Waals surface area contributed by atoms with Gasteiger partial charge in [0.25, 0.3) is 0 Å². The van der Waals surface area contributed by atoms with Crippen LogP contribution in [0, 0.1) is 5.92 Å². The molecule has 2 fully saturated rings. The lowest BCUT2D eigenvalue weighted by Gasteiger charge is -2.29. The van der Waals surface area contributed by atoms with Gasteiger partial charge in [-0.3, -0.25) is 4.79 Å². The molecule has 0 aliphatic carbocycles. The average Bonchev–Trinajstić information content (AvgIpc) is 2.78. The van der Waals surface area contributed by atoms with Crippen molar-refractivity contribution in [2.24, 2.45) is 5.92 Å². The first-order valence-corrected chi connectivity index (χ1v) is 8.71. The topological polar surface area (TPSA) is 41.1 Å². The Hall–Kier alpha value is -0.870. The molecule has 2 aliphatic rings. The van der Waals surface area contributed by atoms with Crippen molar-refractivity contribution in [2.45, 2.75) is 57.2 Å². The highest BCUT2D eigenvalue weighted by atomic mass is 79.9. The van der Waals surface area contributed by atoms with Gasteiger partial charge < -0.3 is 10.6 Å². The predicted molar refractivity (Wildman–Crippen MR) is 88.0 cm³/mol. The third-order valence-electron chi connectivity index (χ3n) is 4.79. The molecule has 3 unspecified atom stereocenters. The van der Waals surface area contributed by atoms with E-state index in [-0.39, 0.29) is 11.9 Å². The van der Waals surface area contributed by atoms with Gasteiger partial charge in [0, 0.05) is 23.0 Å². The van der Waals surface area contributed by atoms with Crippen LogP contribution >= 0.6 is 15.9 Å². The Morgan fingerprint density at radius 3 is 2.67 bits per heavy atom. The van der Waals surface area contributed by atoms with E-state index >= 15 is 0 Å². The van der Waals surface area contributed by atoms with Crippen molar-refractivity contribution in [3.8, 4) is 0 Å². The van der Waals surface area contributed by atoms with E-state index in [4.69, 9.17) is 0 Å². The molecule has 2 N–H and O–H groups in total. The van der Waals surface area contributed by atoms with Crippen LogP contribution in [0.2, 0.25) is 0 Å². The first-order chi connectivity index (χ1) is 10.1. The summed E-state index contributed by atoms with van der Waals surface area (Å²) in [6.07, 6.45) is 5.57. The van der Waals surface area contributed by atoms with E-state index in [1.165, 1.54) is 12.8 Å². The Balaban J connectivity index is 1.53. The molecule has 3 nitrogen and oxygen atoms in total. The van der Waals surface area contributed by atoms with Crippen LogP contribution in [-0.2, 0) is 4.79 Å². The molecule has 3 atom stereocenters. The fraction of sp³-hybridized carbons (Fsp3) is 0.588. The number of benzene rings is 1. The van der Waals surface area contributed by atoms with Crippen molar-refractivity contribution in [1.29, 1.82) is 0 Å². The van der Waals surface area contributed by atoms with Crippen LogP contribution in [-0.4, -0.2) is 18.0 Å². The lowest BCUT2D eigenvalue weighted by molar-refractivity contribution is -0.122. The number of amides is 1. The van der Waals surface area contributed by atoms with E-state index in [1.54, 1.807) is 0 Å². The fourth-order valence-electron chi connectivity index (χ4n) is 3.81. The van der Waals surface area contributed by atoms with Crippen LogP contribution in [0.4, 0.5) is 0 Å². The molecule has 0 saturated carbocycles. The third-order valence-corrected chi connectivity index (χ3v) is 5.52. The summed E-state index contributed by atoms with van der Waals surface area (Å²) in [6.45, 7) is 2.05. The highest BCUT2D eigenvalue weighted by Crippen LogP contribution is 2.32. The molecule has 2 saturated heterocycles. The number of fused-ring (bicyclic) bond motifs is 2. The zero-order valence-electron chi connectivity index (χ0n) is 12.4. The van der Waals surface area contributed by atoms with Crippen molar-refractivity contribution >= 4 is 21.8 Å². The van der Waals surface area contributed by atoms with E-state index in [0.29, 0.717) is 24.4 Å². The van der Waals surface area contributed by atoms with Gasteiger partial charge in [0.15, 0.2) is 0 Å². The molecule has 0 radical (unpaired) electrons. The van der Waals surface area contributed by atoms with E-state index in [2.05, 4.69) is 32.6 Å². The van der Waals surface area contributed by atoms with Gasteiger partial charge in [0.1, 0.15) is 0 Å². The molecular formula is C17H23BrN2O. The molecular weight excluding hydrogens is 328 g/mol. The molecule has 4 heteroatoms. The smallest absolute Gasteiger partial charge is 0.220 e. The molecule has 21 heavy (non-hydrogen) atoms. The number of hydrogen-bond donors (Lipinski definition) is 2. The largest absolute Gasteiger partial charge is 0.350 e. The average molecular weight is 351 g/mol. The maximum atomic E-state index is 12.3. The van der Waals surface area contributed by atoms with Crippen molar-refractivity contribution in [3.05, 3.63) is 34.3 Å². The summed E-state index contributed by atoms with van der Waals surface area (Å²) in [6, 6.07) is 9.43. The van der Waals surface area contributed by atoms with E-state index < -0.39 is 0 Å². The van der Waals surface area contributed by atoms with Crippen LogP contribution in [0.15, 0.2) is 28.7 Å². The summed E-state index contributed by atoms with van der Waals surface area (Å²) >= 11 is 3.55. The second-order valence-electron chi connectivity index (χ2n) is 6.49. The standard InChI is InChI=1S/C17H23BrN2O/c1-11(15-4-2-3-5-16(15)18)19-17(21)10-12-8-13-6-7-14(9-12)20-13/h2-5,11-14,20H,6-10H2,1H3,(H,19,21). The maximum Gasteiger partial charge on any atom is 0.220 e. The molecule has 3 rings (SSSR count). The summed E-state index contributed by atoms with van der Waals surface area (Å²) in [7, 11) is 0. The second-order valence-corrected chi connectivity index (χ2v) is 7.34. The number of halogens is 1. The van der Waals surface area contributed by atoms with Crippen LogP contribution in [0.25, 0.3) is 0 Å². The summed E-state index contributed by atoms with van der Waals surface area (Å²) in [4.78, 5) is 12.3. The summed E-state index contributed by atoms with van der Waals surface area (Å²) in [5, 5.41) is 6.77. The van der Waals surface area contributed by atoms with Crippen molar-refractivity contribution < 1.29 is 4.79 Å². The Bertz CT molecular complexity index is 507. The van der Waals surface area contributed by atoms with Gasteiger partial charge >= 0.3 is 0 Å². The van der Waals surface area contributed by atoms with Crippen LogP contribution in [0.5, 0.6) is 0 Å². The van der Waals surface area contributed by atoms with Crippen molar-refractivity contribution in [3.63, 3.8) is 0 Å². The van der Waals surface area contributed by atoms with Gasteiger partial charge in [-0.1, -0.05) is 34.1 Å². The van der Waals surface area contributed by atoms with Crippen molar-refractivity contribution in [1.82, 2.24) is 10.6 Å². The van der Waals surface area contributed by atoms with Crippen molar-refractivity contribution in [2.75, 3.05) is 0 Å². The van der Waals surface area contributed by atoms with Crippen LogP contribution in [0.1, 0.15) is 50.6 Å². The molecule has 1 aromatic rings. The second kappa shape index (κ2) is 6.49. The summed E-state index contributed by atoms with van der Waals surface area (Å²) in [5.41, 5.74) is 1.14. The van der Waals surface area contributed by atoms with Gasteiger partial charge in [-0.15, -0.1) is 0 Å². The lowest BCUT2D eigenvalue weighted by Crippen LogP contribution is -2.40. The molecule has 2 bridgehead atoms. The normalized spacial score (nSPS) is 29.1. The van der Waals surface area contributed by atoms with E-state index in [1.807, 2.05) is 25.1 Å². The molecule has 2 heterocycles. The molecule has 0 aromatic heterocycles. The van der Waals surface area contributed by atoms with Crippen LogP contribution < -0.4 is 10.6 Å². The number of carbonyl (C=O) groups excluding carboxylic acids is 1. The van der Waals surface area contributed by atoms with E-state index in [0.717, 1.165) is 22.9 Å². The van der Waals surface area contributed by atoms with Gasteiger partial charge in [0.05, 0.1) is 6.04 Å². The molecule has 1 aromatic carbocycles. The summed E-state index contributed by atoms with van der Waals surface area (Å²) < 4.78 is 1.05. The zero-order chi connectivity index (χ0) is 14.8. The SMILES string of the molecule is CC(NC(=O)CC1CC2CCC(C1)N2)c1ccccc1Br. The highest BCUT2D eigenvalue weighted by molar-refractivity contribution is 9.10. The zero-order valence-corrected chi connectivity index (χ0v) is 14.0. The number of nitrogens with one attached hydrogen (secondary N) is 2. The van der Waals surface area contributed by atoms with E-state index in [9.17, 15) is 4.79 Å². The number of piperidine rings is 1. The minimum atomic E-state index is 0.0477. The number of hydrogen-bond acceptors (Lipinski definition) is 2. The minimum Gasteiger partial charge on any atom is -0.350 e. The summed E-state index contributed by atoms with van der Waals surface area (Å²) in [5.74, 6) is 0.736. The molecule has 2 aliphatic heterocycles. The Kier molecular flexibility index (Phi) is 4.65. The maximum absolute atomic E-state index is 12.3. The Morgan fingerprint density at radius 2 is 2.00 bits per heavy atom. The van der Waals surface area contributed by atoms with Gasteiger partial charge in [-0.05, 0) is 50.2 Å². The quantitative estimate of drug-likeness (QED) is 0.871. The van der Waals surface area contributed by atoms with Gasteiger partial charge in [-0.2, -0.15) is 0 Å². The van der Waals surface area contributed by atoms with Gasteiger partial charge in [0.2, 0.25) is 5.91 Å². The first-order valence-electron chi connectivity index (χ1n) is 7.91. The Labute approximate surface area is 135 Å². The Morgan fingerprint density at radius 1 is 1.33 bits per heavy atom. The molecule has 114 valence electrons. The highest BCUT2D eigenvalue weighted by Gasteiger charge is 2.34. The van der Waals surface area contributed by atoms with Crippen LogP contribution in [0.3, 0.4) is 0 Å². The first kappa shape index (κ1) is 15.0. The molecule has 0 spiro atoms. The third kappa shape index (κ3) is 3.67. The minimum absolute atomic E-state index is 0.0477. The fourth-order valence-corrected chi connectivity index (χ4v) is 4.44. The predicted octanol–water partition coefficient (Wildman–Crippen LogP) is 3.55. The van der Waals surface area contributed by atoms with Gasteiger partial charge in [-0.25, -0.2) is 0 Å². The number of carbonyl (C=O) groups is 1. The molecule has 1 amide bonds. The number of rotatable bonds is 4.